The number of halogens is 1. The van der Waals surface area contributed by atoms with Gasteiger partial charge in [0, 0.05) is 51.4 Å². The molecule has 2 aliphatic rings. The predicted octanol–water partition coefficient (Wildman–Crippen LogP) is 3.78. The summed E-state index contributed by atoms with van der Waals surface area (Å²) in [6.07, 6.45) is 7.03. The molecule has 0 saturated carbocycles. The lowest BCUT2D eigenvalue weighted by atomic mass is 10.2. The highest BCUT2D eigenvalue weighted by Gasteiger charge is 2.18. The van der Waals surface area contributed by atoms with Gasteiger partial charge in [-0.25, -0.2) is 9.79 Å². The molecule has 0 spiro atoms. The van der Waals surface area contributed by atoms with Gasteiger partial charge < -0.3 is 25.8 Å². The summed E-state index contributed by atoms with van der Waals surface area (Å²) in [6.45, 7) is 7.46. The summed E-state index contributed by atoms with van der Waals surface area (Å²) in [5.41, 5.74) is 1.84. The Balaban J connectivity index is 0.00000385. The molecule has 184 valence electrons. The van der Waals surface area contributed by atoms with E-state index in [0.29, 0.717) is 18.9 Å². The van der Waals surface area contributed by atoms with Crippen LogP contribution >= 0.6 is 24.0 Å². The SMILES string of the molecule is CCNC(=NCc1cccc(NC(=O)N2CCCC2)c1)NCCCN1CCCCCC1=O.I. The van der Waals surface area contributed by atoms with Crippen molar-refractivity contribution in [2.45, 2.75) is 58.4 Å². The number of hydrogen-bond acceptors (Lipinski definition) is 3. The van der Waals surface area contributed by atoms with E-state index in [9.17, 15) is 9.59 Å². The number of guanidine groups is 1. The molecule has 0 radical (unpaired) electrons. The summed E-state index contributed by atoms with van der Waals surface area (Å²) in [5, 5.41) is 9.64. The number of nitrogens with one attached hydrogen (secondary N) is 3. The maximum atomic E-state index is 12.3. The van der Waals surface area contributed by atoms with Crippen molar-refractivity contribution in [3.8, 4) is 0 Å². The molecule has 8 nitrogen and oxygen atoms in total. The van der Waals surface area contributed by atoms with E-state index in [4.69, 9.17) is 0 Å². The molecule has 0 atom stereocenters. The highest BCUT2D eigenvalue weighted by molar-refractivity contribution is 14.0. The molecular weight excluding hydrogens is 531 g/mol. The highest BCUT2D eigenvalue weighted by Crippen LogP contribution is 2.15. The van der Waals surface area contributed by atoms with Crippen molar-refractivity contribution in [2.75, 3.05) is 44.6 Å². The lowest BCUT2D eigenvalue weighted by molar-refractivity contribution is -0.130. The zero-order valence-electron chi connectivity index (χ0n) is 19.8. The van der Waals surface area contributed by atoms with Crippen LogP contribution in [0.5, 0.6) is 0 Å². The van der Waals surface area contributed by atoms with Gasteiger partial charge in [-0.2, -0.15) is 0 Å². The van der Waals surface area contributed by atoms with Crippen LogP contribution in [0, 0.1) is 0 Å². The summed E-state index contributed by atoms with van der Waals surface area (Å²) in [6, 6.07) is 7.83. The number of rotatable bonds is 8. The molecule has 2 saturated heterocycles. The van der Waals surface area contributed by atoms with Gasteiger partial charge in [0.15, 0.2) is 5.96 Å². The van der Waals surface area contributed by atoms with Crippen molar-refractivity contribution >= 4 is 47.6 Å². The van der Waals surface area contributed by atoms with Gasteiger partial charge >= 0.3 is 6.03 Å². The van der Waals surface area contributed by atoms with E-state index in [-0.39, 0.29) is 30.0 Å². The molecule has 1 aromatic carbocycles. The molecule has 0 aliphatic carbocycles. The first-order valence-corrected chi connectivity index (χ1v) is 12.1. The Hall–Kier alpha value is -2.04. The second-order valence-corrected chi connectivity index (χ2v) is 8.49. The van der Waals surface area contributed by atoms with Crippen LogP contribution in [0.3, 0.4) is 0 Å². The monoisotopic (exact) mass is 570 g/mol. The number of likely N-dealkylation sites (tertiary alicyclic amines) is 2. The van der Waals surface area contributed by atoms with Crippen LogP contribution in [0.25, 0.3) is 0 Å². The largest absolute Gasteiger partial charge is 0.357 e. The third kappa shape index (κ3) is 9.38. The van der Waals surface area contributed by atoms with E-state index < -0.39 is 0 Å². The predicted molar refractivity (Wildman–Crippen MR) is 144 cm³/mol. The number of urea groups is 1. The number of anilines is 1. The number of carbonyl (C=O) groups is 2. The summed E-state index contributed by atoms with van der Waals surface area (Å²) >= 11 is 0. The number of amides is 3. The van der Waals surface area contributed by atoms with Gasteiger partial charge in [0.25, 0.3) is 0 Å². The minimum atomic E-state index is -0.0268. The first kappa shape index (κ1) is 27.2. The maximum Gasteiger partial charge on any atom is 0.321 e. The zero-order valence-corrected chi connectivity index (χ0v) is 22.1. The first-order valence-electron chi connectivity index (χ1n) is 12.1. The van der Waals surface area contributed by atoms with Crippen molar-refractivity contribution in [1.82, 2.24) is 20.4 Å². The second-order valence-electron chi connectivity index (χ2n) is 8.49. The fourth-order valence-corrected chi connectivity index (χ4v) is 4.13. The molecule has 0 unspecified atom stereocenters. The lowest BCUT2D eigenvalue weighted by Crippen LogP contribution is -2.39. The number of carbonyl (C=O) groups excluding carboxylic acids is 2. The number of hydrogen-bond donors (Lipinski definition) is 3. The smallest absolute Gasteiger partial charge is 0.321 e. The van der Waals surface area contributed by atoms with Gasteiger partial charge in [-0.3, -0.25) is 4.79 Å². The molecule has 2 heterocycles. The Labute approximate surface area is 215 Å². The molecular formula is C24H39IN6O2. The molecule has 2 fully saturated rings. The summed E-state index contributed by atoms with van der Waals surface area (Å²) in [5.74, 6) is 1.06. The van der Waals surface area contributed by atoms with E-state index >= 15 is 0 Å². The summed E-state index contributed by atoms with van der Waals surface area (Å²) in [7, 11) is 0. The number of aliphatic imine (C=N–C) groups is 1. The summed E-state index contributed by atoms with van der Waals surface area (Å²) < 4.78 is 0. The molecule has 0 bridgehead atoms. The van der Waals surface area contributed by atoms with Gasteiger partial charge in [0.2, 0.25) is 5.91 Å². The molecule has 1 aromatic rings. The van der Waals surface area contributed by atoms with Crippen molar-refractivity contribution in [1.29, 1.82) is 0 Å². The fraction of sp³-hybridized carbons (Fsp3) is 0.625. The highest BCUT2D eigenvalue weighted by atomic mass is 127. The van der Waals surface area contributed by atoms with Gasteiger partial charge in [-0.15, -0.1) is 24.0 Å². The van der Waals surface area contributed by atoms with Crippen LogP contribution in [0.4, 0.5) is 10.5 Å². The minimum absolute atomic E-state index is 0. The molecule has 0 aromatic heterocycles. The van der Waals surface area contributed by atoms with Crippen LogP contribution in [0.15, 0.2) is 29.3 Å². The van der Waals surface area contributed by atoms with Gasteiger partial charge in [0.05, 0.1) is 6.54 Å². The average Bonchev–Trinajstić information content (AvgIpc) is 3.26. The van der Waals surface area contributed by atoms with Crippen molar-refractivity contribution in [3.05, 3.63) is 29.8 Å². The molecule has 3 N–H and O–H groups in total. The standard InChI is InChI=1S/C24H38N6O2.HI/c1-2-25-23(26-13-9-17-29-14-5-3-4-12-22(29)31)27-19-20-10-8-11-21(18-20)28-24(32)30-15-6-7-16-30;/h8,10-11,18H,2-7,9,12-17,19H2,1H3,(H,28,32)(H2,25,26,27);1H. The molecule has 9 heteroatoms. The van der Waals surface area contributed by atoms with Crippen molar-refractivity contribution in [3.63, 3.8) is 0 Å². The van der Waals surface area contributed by atoms with E-state index in [1.807, 2.05) is 41.0 Å². The van der Waals surface area contributed by atoms with Gasteiger partial charge in [-0.1, -0.05) is 18.6 Å². The van der Waals surface area contributed by atoms with E-state index in [2.05, 4.69) is 20.9 Å². The Kier molecular flexibility index (Phi) is 12.3. The quantitative estimate of drug-likeness (QED) is 0.192. The Morgan fingerprint density at radius 2 is 1.85 bits per heavy atom. The molecule has 2 aliphatic heterocycles. The topological polar surface area (TPSA) is 89.1 Å². The Morgan fingerprint density at radius 3 is 2.64 bits per heavy atom. The van der Waals surface area contributed by atoms with Crippen LogP contribution in [-0.4, -0.2) is 67.0 Å². The Morgan fingerprint density at radius 1 is 1.06 bits per heavy atom. The maximum absolute atomic E-state index is 12.3. The molecule has 3 amide bonds. The van der Waals surface area contributed by atoms with Crippen molar-refractivity contribution in [2.24, 2.45) is 4.99 Å². The average molecular weight is 571 g/mol. The number of nitrogens with zero attached hydrogens (tertiary/aromatic N) is 3. The van der Waals surface area contributed by atoms with E-state index in [1.165, 1.54) is 0 Å². The second kappa shape index (κ2) is 15.0. The van der Waals surface area contributed by atoms with Gasteiger partial charge in [0.1, 0.15) is 0 Å². The van der Waals surface area contributed by atoms with Crippen molar-refractivity contribution < 1.29 is 9.59 Å². The van der Waals surface area contributed by atoms with E-state index in [1.54, 1.807) is 0 Å². The van der Waals surface area contributed by atoms with Crippen LogP contribution in [0.2, 0.25) is 0 Å². The lowest BCUT2D eigenvalue weighted by Gasteiger charge is -2.20. The molecule has 33 heavy (non-hydrogen) atoms. The molecule has 3 rings (SSSR count). The first-order chi connectivity index (χ1) is 15.7. The Bertz CT molecular complexity index is 782. The third-order valence-electron chi connectivity index (χ3n) is 5.90. The third-order valence-corrected chi connectivity index (χ3v) is 5.90. The van der Waals surface area contributed by atoms with Crippen LogP contribution in [-0.2, 0) is 11.3 Å². The van der Waals surface area contributed by atoms with Gasteiger partial charge in [-0.05, 0) is 56.7 Å². The minimum Gasteiger partial charge on any atom is -0.357 e. The van der Waals surface area contributed by atoms with E-state index in [0.717, 1.165) is 95.0 Å². The zero-order chi connectivity index (χ0) is 22.6. The fourth-order valence-electron chi connectivity index (χ4n) is 4.13. The van der Waals surface area contributed by atoms with Crippen LogP contribution < -0.4 is 16.0 Å². The normalized spacial score (nSPS) is 16.8. The number of benzene rings is 1. The summed E-state index contributed by atoms with van der Waals surface area (Å²) in [4.78, 5) is 33.0. The van der Waals surface area contributed by atoms with Crippen LogP contribution in [0.1, 0.15) is 57.4 Å².